The summed E-state index contributed by atoms with van der Waals surface area (Å²) in [5.41, 5.74) is 6.79. The normalized spacial score (nSPS) is 19.4. The van der Waals surface area contributed by atoms with Gasteiger partial charge in [0.05, 0.1) is 0 Å². The summed E-state index contributed by atoms with van der Waals surface area (Å²) in [5.74, 6) is 0.142. The van der Waals surface area contributed by atoms with Gasteiger partial charge in [0.15, 0.2) is 5.84 Å². The molecule has 110 valence electrons. The van der Waals surface area contributed by atoms with Gasteiger partial charge in [-0.25, -0.2) is 4.39 Å². The molecule has 2 rings (SSSR count). The van der Waals surface area contributed by atoms with Crippen LogP contribution in [0.5, 0.6) is 0 Å². The van der Waals surface area contributed by atoms with Crippen LogP contribution in [0.3, 0.4) is 0 Å². The minimum Gasteiger partial charge on any atom is -0.409 e. The smallest absolute Gasteiger partial charge is 0.170 e. The number of amidine groups is 1. The number of nitrogens with zero attached hydrogens (tertiary/aromatic N) is 1. The van der Waals surface area contributed by atoms with E-state index < -0.39 is 5.82 Å². The average molecular weight is 281 g/mol. The maximum atomic E-state index is 13.2. The number of nitrogens with one attached hydrogen (secondary N) is 1. The zero-order valence-corrected chi connectivity index (χ0v) is 11.3. The van der Waals surface area contributed by atoms with Crippen molar-refractivity contribution in [2.24, 2.45) is 16.8 Å². The van der Waals surface area contributed by atoms with Crippen molar-refractivity contribution in [3.63, 3.8) is 0 Å². The molecule has 1 heterocycles. The third-order valence-corrected chi connectivity index (χ3v) is 3.52. The largest absolute Gasteiger partial charge is 0.409 e. The van der Waals surface area contributed by atoms with Gasteiger partial charge in [0.25, 0.3) is 0 Å². The highest BCUT2D eigenvalue weighted by Crippen LogP contribution is 2.16. The van der Waals surface area contributed by atoms with Gasteiger partial charge >= 0.3 is 0 Å². The first-order chi connectivity index (χ1) is 9.70. The molecule has 1 aromatic carbocycles. The van der Waals surface area contributed by atoms with Crippen molar-refractivity contribution in [1.82, 2.24) is 5.32 Å². The van der Waals surface area contributed by atoms with Crippen molar-refractivity contribution in [2.75, 3.05) is 19.8 Å². The second-order valence-electron chi connectivity index (χ2n) is 4.98. The second kappa shape index (κ2) is 7.21. The molecule has 0 spiro atoms. The second-order valence-corrected chi connectivity index (χ2v) is 4.98. The van der Waals surface area contributed by atoms with E-state index >= 15 is 0 Å². The standard InChI is InChI=1S/C14H20FN3O2/c15-12-2-1-11(13(7-12)14(16)18-19)8-17-5-3-10-4-6-20-9-10/h1-2,7,10,17,19H,3-6,8-9H2,(H2,16,18). The van der Waals surface area contributed by atoms with Crippen LogP contribution in [0, 0.1) is 11.7 Å². The summed E-state index contributed by atoms with van der Waals surface area (Å²) < 4.78 is 18.5. The summed E-state index contributed by atoms with van der Waals surface area (Å²) in [7, 11) is 0. The maximum absolute atomic E-state index is 13.2. The molecule has 1 aliphatic rings. The maximum Gasteiger partial charge on any atom is 0.170 e. The molecular weight excluding hydrogens is 261 g/mol. The van der Waals surface area contributed by atoms with Gasteiger partial charge < -0.3 is 21.0 Å². The number of benzene rings is 1. The molecule has 0 saturated carbocycles. The third kappa shape index (κ3) is 3.91. The topological polar surface area (TPSA) is 79.9 Å². The Balaban J connectivity index is 1.88. The summed E-state index contributed by atoms with van der Waals surface area (Å²) in [6.07, 6.45) is 2.17. The van der Waals surface area contributed by atoms with E-state index in [1.54, 1.807) is 6.07 Å². The molecule has 4 N–H and O–H groups in total. The van der Waals surface area contributed by atoms with Crippen LogP contribution in [0.2, 0.25) is 0 Å². The molecule has 1 aromatic rings. The van der Waals surface area contributed by atoms with Crippen molar-refractivity contribution in [1.29, 1.82) is 0 Å². The van der Waals surface area contributed by atoms with Gasteiger partial charge in [0, 0.05) is 25.3 Å². The van der Waals surface area contributed by atoms with Gasteiger partial charge in [0.1, 0.15) is 5.82 Å². The molecule has 6 heteroatoms. The third-order valence-electron chi connectivity index (χ3n) is 3.52. The Hall–Kier alpha value is -1.66. The Kier molecular flexibility index (Phi) is 5.31. The number of ether oxygens (including phenoxy) is 1. The fraction of sp³-hybridized carbons (Fsp3) is 0.500. The highest BCUT2D eigenvalue weighted by Gasteiger charge is 2.15. The van der Waals surface area contributed by atoms with E-state index in [2.05, 4.69) is 10.5 Å². The molecule has 0 aromatic heterocycles. The minimum atomic E-state index is -0.404. The van der Waals surface area contributed by atoms with E-state index in [1.807, 2.05) is 0 Å². The lowest BCUT2D eigenvalue weighted by Crippen LogP contribution is -2.22. The van der Waals surface area contributed by atoms with E-state index in [-0.39, 0.29) is 5.84 Å². The van der Waals surface area contributed by atoms with Crippen LogP contribution in [0.25, 0.3) is 0 Å². The Morgan fingerprint density at radius 2 is 2.40 bits per heavy atom. The molecular formula is C14H20FN3O2. The van der Waals surface area contributed by atoms with Crippen molar-refractivity contribution >= 4 is 5.84 Å². The zero-order chi connectivity index (χ0) is 14.4. The molecule has 1 fully saturated rings. The van der Waals surface area contributed by atoms with Crippen LogP contribution in [0.4, 0.5) is 4.39 Å². The molecule has 5 nitrogen and oxygen atoms in total. The van der Waals surface area contributed by atoms with Crippen molar-refractivity contribution < 1.29 is 14.3 Å². The number of nitrogens with two attached hydrogens (primary N) is 1. The van der Waals surface area contributed by atoms with Crippen LogP contribution in [-0.2, 0) is 11.3 Å². The summed E-state index contributed by atoms with van der Waals surface area (Å²) in [5, 5.41) is 15.0. The number of hydrogen-bond donors (Lipinski definition) is 3. The molecule has 1 atom stereocenters. The first kappa shape index (κ1) is 14.7. The predicted octanol–water partition coefficient (Wildman–Crippen LogP) is 1.44. The summed E-state index contributed by atoms with van der Waals surface area (Å²) in [4.78, 5) is 0. The highest BCUT2D eigenvalue weighted by atomic mass is 19.1. The predicted molar refractivity (Wildman–Crippen MR) is 74.2 cm³/mol. The molecule has 1 saturated heterocycles. The van der Waals surface area contributed by atoms with Crippen molar-refractivity contribution in [3.8, 4) is 0 Å². The number of oxime groups is 1. The first-order valence-electron chi connectivity index (χ1n) is 6.75. The van der Waals surface area contributed by atoms with E-state index in [4.69, 9.17) is 15.7 Å². The average Bonchev–Trinajstić information content (AvgIpc) is 2.97. The molecule has 0 bridgehead atoms. The number of rotatable bonds is 6. The quantitative estimate of drug-likeness (QED) is 0.242. The van der Waals surface area contributed by atoms with E-state index in [9.17, 15) is 4.39 Å². The Bertz CT molecular complexity index is 473. The van der Waals surface area contributed by atoms with Crippen LogP contribution >= 0.6 is 0 Å². The lowest BCUT2D eigenvalue weighted by molar-refractivity contribution is 0.184. The van der Waals surface area contributed by atoms with Gasteiger partial charge in [-0.15, -0.1) is 0 Å². The Morgan fingerprint density at radius 1 is 1.55 bits per heavy atom. The molecule has 1 aliphatic heterocycles. The van der Waals surface area contributed by atoms with Gasteiger partial charge in [-0.1, -0.05) is 11.2 Å². The zero-order valence-electron chi connectivity index (χ0n) is 11.3. The van der Waals surface area contributed by atoms with Crippen LogP contribution in [0.15, 0.2) is 23.4 Å². The Morgan fingerprint density at radius 3 is 3.10 bits per heavy atom. The number of halogens is 1. The minimum absolute atomic E-state index is 0.0782. The van der Waals surface area contributed by atoms with Crippen LogP contribution in [0.1, 0.15) is 24.0 Å². The monoisotopic (exact) mass is 281 g/mol. The molecule has 0 amide bonds. The summed E-state index contributed by atoms with van der Waals surface area (Å²) in [6, 6.07) is 4.29. The molecule has 0 radical (unpaired) electrons. The molecule has 0 aliphatic carbocycles. The fourth-order valence-corrected chi connectivity index (χ4v) is 2.34. The molecule has 20 heavy (non-hydrogen) atoms. The van der Waals surface area contributed by atoms with Crippen LogP contribution < -0.4 is 11.1 Å². The lowest BCUT2D eigenvalue weighted by Gasteiger charge is -2.11. The van der Waals surface area contributed by atoms with Gasteiger partial charge in [-0.05, 0) is 43.0 Å². The Labute approximate surface area is 117 Å². The summed E-state index contributed by atoms with van der Waals surface area (Å²) in [6.45, 7) is 3.12. The van der Waals surface area contributed by atoms with Gasteiger partial charge in [0.2, 0.25) is 0 Å². The van der Waals surface area contributed by atoms with E-state index in [1.165, 1.54) is 12.1 Å². The van der Waals surface area contributed by atoms with E-state index in [0.29, 0.717) is 18.0 Å². The van der Waals surface area contributed by atoms with Crippen molar-refractivity contribution in [3.05, 3.63) is 35.1 Å². The fourth-order valence-electron chi connectivity index (χ4n) is 2.34. The highest BCUT2D eigenvalue weighted by molar-refractivity contribution is 5.98. The number of hydrogen-bond acceptors (Lipinski definition) is 4. The van der Waals surface area contributed by atoms with Gasteiger partial charge in [-0.3, -0.25) is 0 Å². The van der Waals surface area contributed by atoms with Crippen LogP contribution in [-0.4, -0.2) is 30.8 Å². The molecule has 1 unspecified atom stereocenters. The SMILES string of the molecule is N/C(=N/O)c1cc(F)ccc1CNCCC1CCOC1. The first-order valence-corrected chi connectivity index (χ1v) is 6.75. The van der Waals surface area contributed by atoms with Crippen molar-refractivity contribution in [2.45, 2.75) is 19.4 Å². The lowest BCUT2D eigenvalue weighted by atomic mass is 10.0. The van der Waals surface area contributed by atoms with E-state index in [0.717, 1.165) is 38.2 Å². The van der Waals surface area contributed by atoms with Gasteiger partial charge in [-0.2, -0.15) is 0 Å². The summed E-state index contributed by atoms with van der Waals surface area (Å²) >= 11 is 0.